The third-order valence-corrected chi connectivity index (χ3v) is 3.91. The Morgan fingerprint density at radius 1 is 1.29 bits per heavy atom. The van der Waals surface area contributed by atoms with Gasteiger partial charge in [-0.3, -0.25) is 4.79 Å². The first-order valence-corrected chi connectivity index (χ1v) is 5.67. The van der Waals surface area contributed by atoms with Gasteiger partial charge < -0.3 is 9.80 Å². The molecule has 2 fully saturated rings. The van der Waals surface area contributed by atoms with Gasteiger partial charge in [0, 0.05) is 31.6 Å². The SMILES string of the molecule is CCN1C(=O)CCC12CCN(C)CC2. The van der Waals surface area contributed by atoms with Crippen molar-refractivity contribution in [2.45, 2.75) is 38.1 Å². The molecule has 0 aromatic heterocycles. The van der Waals surface area contributed by atoms with Gasteiger partial charge in [-0.15, -0.1) is 0 Å². The molecule has 2 rings (SSSR count). The van der Waals surface area contributed by atoms with Crippen molar-refractivity contribution in [1.82, 2.24) is 9.80 Å². The van der Waals surface area contributed by atoms with E-state index in [1.807, 2.05) is 0 Å². The third-order valence-electron chi connectivity index (χ3n) is 3.91. The smallest absolute Gasteiger partial charge is 0.223 e. The normalized spacial score (nSPS) is 27.6. The standard InChI is InChI=1S/C11H20N2O/c1-3-13-10(14)4-5-11(13)6-8-12(2)9-7-11/h3-9H2,1-2H3. The van der Waals surface area contributed by atoms with Gasteiger partial charge in [-0.05, 0) is 33.2 Å². The lowest BCUT2D eigenvalue weighted by Crippen LogP contribution is -2.52. The summed E-state index contributed by atoms with van der Waals surface area (Å²) in [6.07, 6.45) is 4.21. The summed E-state index contributed by atoms with van der Waals surface area (Å²) in [4.78, 5) is 16.2. The minimum atomic E-state index is 0.234. The van der Waals surface area contributed by atoms with Gasteiger partial charge in [0.1, 0.15) is 0 Å². The average Bonchev–Trinajstić information content (AvgIpc) is 2.49. The number of likely N-dealkylation sites (tertiary alicyclic amines) is 2. The highest BCUT2D eigenvalue weighted by molar-refractivity contribution is 5.79. The van der Waals surface area contributed by atoms with E-state index in [0.717, 1.165) is 32.5 Å². The van der Waals surface area contributed by atoms with Gasteiger partial charge in [0.05, 0.1) is 0 Å². The average molecular weight is 196 g/mol. The number of piperidine rings is 1. The molecule has 3 heteroatoms. The molecule has 0 unspecified atom stereocenters. The van der Waals surface area contributed by atoms with E-state index in [-0.39, 0.29) is 5.54 Å². The van der Waals surface area contributed by atoms with Gasteiger partial charge in [-0.25, -0.2) is 0 Å². The number of hydrogen-bond acceptors (Lipinski definition) is 2. The quantitative estimate of drug-likeness (QED) is 0.627. The lowest BCUT2D eigenvalue weighted by atomic mass is 9.85. The second-order valence-corrected chi connectivity index (χ2v) is 4.67. The Balaban J connectivity index is 2.11. The molecular formula is C11H20N2O. The first kappa shape index (κ1) is 9.97. The van der Waals surface area contributed by atoms with Crippen LogP contribution in [-0.2, 0) is 4.79 Å². The fourth-order valence-corrected chi connectivity index (χ4v) is 2.94. The first-order chi connectivity index (χ1) is 6.68. The zero-order valence-electron chi connectivity index (χ0n) is 9.25. The van der Waals surface area contributed by atoms with E-state index in [4.69, 9.17) is 0 Å². The van der Waals surface area contributed by atoms with Gasteiger partial charge in [-0.1, -0.05) is 0 Å². The van der Waals surface area contributed by atoms with Gasteiger partial charge in [-0.2, -0.15) is 0 Å². The van der Waals surface area contributed by atoms with Crippen LogP contribution in [0, 0.1) is 0 Å². The highest BCUT2D eigenvalue weighted by atomic mass is 16.2. The molecule has 0 radical (unpaired) electrons. The number of nitrogens with zero attached hydrogens (tertiary/aromatic N) is 2. The monoisotopic (exact) mass is 196 g/mol. The fraction of sp³-hybridized carbons (Fsp3) is 0.909. The zero-order valence-corrected chi connectivity index (χ0v) is 9.25. The highest BCUT2D eigenvalue weighted by Crippen LogP contribution is 2.38. The lowest BCUT2D eigenvalue weighted by Gasteiger charge is -2.43. The maximum absolute atomic E-state index is 11.7. The van der Waals surface area contributed by atoms with Crippen LogP contribution in [-0.4, -0.2) is 47.9 Å². The van der Waals surface area contributed by atoms with Crippen molar-refractivity contribution in [2.75, 3.05) is 26.7 Å². The summed E-state index contributed by atoms with van der Waals surface area (Å²) in [6, 6.07) is 0. The van der Waals surface area contributed by atoms with Gasteiger partial charge in [0.15, 0.2) is 0 Å². The molecule has 0 N–H and O–H groups in total. The minimum Gasteiger partial charge on any atom is -0.337 e. The zero-order chi connectivity index (χ0) is 10.2. The van der Waals surface area contributed by atoms with Crippen LogP contribution in [0.4, 0.5) is 0 Å². The Morgan fingerprint density at radius 3 is 2.50 bits per heavy atom. The van der Waals surface area contributed by atoms with E-state index in [0.29, 0.717) is 5.91 Å². The van der Waals surface area contributed by atoms with Crippen molar-refractivity contribution in [3.63, 3.8) is 0 Å². The number of amides is 1. The number of rotatable bonds is 1. The molecule has 2 aliphatic heterocycles. The summed E-state index contributed by atoms with van der Waals surface area (Å²) >= 11 is 0. The van der Waals surface area contributed by atoms with Crippen LogP contribution in [0.3, 0.4) is 0 Å². The summed E-state index contributed by atoms with van der Waals surface area (Å²) < 4.78 is 0. The molecule has 0 aliphatic carbocycles. The molecule has 80 valence electrons. The molecule has 2 heterocycles. The van der Waals surface area contributed by atoms with E-state index in [9.17, 15) is 4.79 Å². The number of carbonyl (C=O) groups is 1. The molecule has 0 aromatic rings. The van der Waals surface area contributed by atoms with Crippen molar-refractivity contribution < 1.29 is 4.79 Å². The Kier molecular flexibility index (Phi) is 2.52. The number of hydrogen-bond donors (Lipinski definition) is 0. The fourth-order valence-electron chi connectivity index (χ4n) is 2.94. The van der Waals surface area contributed by atoms with Crippen LogP contribution >= 0.6 is 0 Å². The van der Waals surface area contributed by atoms with Crippen LogP contribution in [0.2, 0.25) is 0 Å². The maximum atomic E-state index is 11.7. The molecule has 14 heavy (non-hydrogen) atoms. The van der Waals surface area contributed by atoms with Gasteiger partial charge in [0.2, 0.25) is 5.91 Å². The topological polar surface area (TPSA) is 23.6 Å². The van der Waals surface area contributed by atoms with E-state index >= 15 is 0 Å². The molecular weight excluding hydrogens is 176 g/mol. The van der Waals surface area contributed by atoms with E-state index in [2.05, 4.69) is 23.8 Å². The Labute approximate surface area is 86.1 Å². The molecule has 0 aromatic carbocycles. The minimum absolute atomic E-state index is 0.234. The highest BCUT2D eigenvalue weighted by Gasteiger charge is 2.45. The molecule has 0 bridgehead atoms. The molecule has 1 amide bonds. The predicted molar refractivity (Wildman–Crippen MR) is 56.1 cm³/mol. The van der Waals surface area contributed by atoms with Crippen molar-refractivity contribution in [1.29, 1.82) is 0 Å². The number of carbonyl (C=O) groups excluding carboxylic acids is 1. The van der Waals surface area contributed by atoms with E-state index in [1.54, 1.807) is 0 Å². The van der Waals surface area contributed by atoms with Crippen LogP contribution in [0.15, 0.2) is 0 Å². The van der Waals surface area contributed by atoms with E-state index < -0.39 is 0 Å². The Bertz CT molecular complexity index is 231. The van der Waals surface area contributed by atoms with Gasteiger partial charge in [0.25, 0.3) is 0 Å². The summed E-state index contributed by atoms with van der Waals surface area (Å²) in [5.74, 6) is 0.372. The van der Waals surface area contributed by atoms with Crippen LogP contribution < -0.4 is 0 Å². The predicted octanol–water partition coefficient (Wildman–Crippen LogP) is 1.09. The molecule has 2 saturated heterocycles. The van der Waals surface area contributed by atoms with E-state index in [1.165, 1.54) is 12.8 Å². The Hall–Kier alpha value is -0.570. The largest absolute Gasteiger partial charge is 0.337 e. The van der Waals surface area contributed by atoms with Crippen molar-refractivity contribution >= 4 is 5.91 Å². The van der Waals surface area contributed by atoms with Crippen LogP contribution in [0.1, 0.15) is 32.6 Å². The molecule has 1 spiro atoms. The van der Waals surface area contributed by atoms with Gasteiger partial charge >= 0.3 is 0 Å². The van der Waals surface area contributed by atoms with Crippen molar-refractivity contribution in [3.8, 4) is 0 Å². The third kappa shape index (κ3) is 1.44. The maximum Gasteiger partial charge on any atom is 0.223 e. The second-order valence-electron chi connectivity index (χ2n) is 4.67. The summed E-state index contributed by atoms with van der Waals surface area (Å²) in [6.45, 7) is 5.28. The van der Waals surface area contributed by atoms with Crippen molar-refractivity contribution in [2.24, 2.45) is 0 Å². The van der Waals surface area contributed by atoms with Crippen LogP contribution in [0.25, 0.3) is 0 Å². The molecule has 0 atom stereocenters. The molecule has 3 nitrogen and oxygen atoms in total. The second kappa shape index (κ2) is 3.54. The Morgan fingerprint density at radius 2 is 1.93 bits per heavy atom. The summed E-state index contributed by atoms with van der Waals surface area (Å²) in [5.41, 5.74) is 0.234. The lowest BCUT2D eigenvalue weighted by molar-refractivity contribution is -0.132. The first-order valence-electron chi connectivity index (χ1n) is 5.67. The summed E-state index contributed by atoms with van der Waals surface area (Å²) in [5, 5.41) is 0. The summed E-state index contributed by atoms with van der Waals surface area (Å²) in [7, 11) is 2.17. The molecule has 0 saturated carbocycles. The van der Waals surface area contributed by atoms with Crippen molar-refractivity contribution in [3.05, 3.63) is 0 Å². The van der Waals surface area contributed by atoms with Crippen LogP contribution in [0.5, 0.6) is 0 Å². The molecule has 2 aliphatic rings.